The number of piperazine rings is 1. The lowest BCUT2D eigenvalue weighted by Gasteiger charge is -2.39. The monoisotopic (exact) mass is 259 g/mol. The average Bonchev–Trinajstić information content (AvgIpc) is 3.31. The van der Waals surface area contributed by atoms with Gasteiger partial charge in [-0.2, -0.15) is 0 Å². The third-order valence-electron chi connectivity index (χ3n) is 4.57. The molecule has 1 heterocycles. The molecular formula is C16H25N3. The zero-order chi connectivity index (χ0) is 13.2. The van der Waals surface area contributed by atoms with Gasteiger partial charge in [-0.25, -0.2) is 0 Å². The maximum atomic E-state index is 5.77. The molecule has 3 nitrogen and oxygen atoms in total. The van der Waals surface area contributed by atoms with E-state index in [1.54, 1.807) is 5.56 Å². The highest BCUT2D eigenvalue weighted by Crippen LogP contribution is 2.44. The summed E-state index contributed by atoms with van der Waals surface area (Å²) in [5.74, 6) is 0.831. The second-order valence-electron chi connectivity index (χ2n) is 5.94. The summed E-state index contributed by atoms with van der Waals surface area (Å²) in [6.07, 6.45) is 2.75. The van der Waals surface area contributed by atoms with E-state index in [-0.39, 0.29) is 0 Å². The summed E-state index contributed by atoms with van der Waals surface area (Å²) in [5, 5.41) is 0. The lowest BCUT2D eigenvalue weighted by atomic mass is 10.1. The van der Waals surface area contributed by atoms with Crippen LogP contribution < -0.4 is 10.6 Å². The Morgan fingerprint density at radius 1 is 1.16 bits per heavy atom. The van der Waals surface area contributed by atoms with E-state index in [0.717, 1.165) is 38.6 Å². The van der Waals surface area contributed by atoms with Crippen molar-refractivity contribution in [3.8, 4) is 0 Å². The van der Waals surface area contributed by atoms with Crippen molar-refractivity contribution in [2.75, 3.05) is 37.6 Å². The molecule has 0 spiro atoms. The van der Waals surface area contributed by atoms with Crippen LogP contribution in [0.3, 0.4) is 0 Å². The average molecular weight is 259 g/mol. The molecule has 1 atom stereocenters. The molecule has 2 aliphatic rings. The molecule has 3 heteroatoms. The highest BCUT2D eigenvalue weighted by atomic mass is 15.3. The van der Waals surface area contributed by atoms with Crippen LogP contribution in [-0.2, 0) is 0 Å². The number of para-hydroxylation sites is 1. The summed E-state index contributed by atoms with van der Waals surface area (Å²) in [6, 6.07) is 9.50. The fourth-order valence-electron chi connectivity index (χ4n) is 3.07. The Hall–Kier alpha value is -1.06. The van der Waals surface area contributed by atoms with Gasteiger partial charge in [0.25, 0.3) is 0 Å². The fourth-order valence-corrected chi connectivity index (χ4v) is 3.07. The molecule has 2 N–H and O–H groups in total. The number of anilines is 1. The van der Waals surface area contributed by atoms with Gasteiger partial charge in [-0.05, 0) is 37.3 Å². The first-order valence-electron chi connectivity index (χ1n) is 7.57. The van der Waals surface area contributed by atoms with Gasteiger partial charge in [0.05, 0.1) is 0 Å². The fraction of sp³-hybridized carbons (Fsp3) is 0.625. The Bertz CT molecular complexity index is 420. The van der Waals surface area contributed by atoms with Gasteiger partial charge in [0.15, 0.2) is 0 Å². The maximum Gasteiger partial charge on any atom is 0.0402 e. The van der Waals surface area contributed by atoms with Gasteiger partial charge in [-0.3, -0.25) is 4.90 Å². The van der Waals surface area contributed by atoms with Crippen molar-refractivity contribution in [2.24, 2.45) is 5.73 Å². The Kier molecular flexibility index (Phi) is 3.76. The van der Waals surface area contributed by atoms with Crippen molar-refractivity contribution in [3.63, 3.8) is 0 Å². The number of rotatable bonds is 4. The van der Waals surface area contributed by atoms with Gasteiger partial charge in [0.2, 0.25) is 0 Å². The molecule has 19 heavy (non-hydrogen) atoms. The third kappa shape index (κ3) is 2.77. The number of hydrogen-bond donors (Lipinski definition) is 1. The number of nitrogens with zero attached hydrogens (tertiary/aromatic N) is 2. The number of benzene rings is 1. The van der Waals surface area contributed by atoms with Crippen LogP contribution in [-0.4, -0.2) is 43.7 Å². The second-order valence-corrected chi connectivity index (χ2v) is 5.94. The molecule has 2 fully saturated rings. The van der Waals surface area contributed by atoms with Crippen molar-refractivity contribution in [3.05, 3.63) is 29.8 Å². The topological polar surface area (TPSA) is 32.5 Å². The van der Waals surface area contributed by atoms with Crippen LogP contribution in [0.2, 0.25) is 0 Å². The SMILES string of the molecule is CC(CN)N1CCN(c2ccccc2C2CC2)CC1. The largest absolute Gasteiger partial charge is 0.369 e. The lowest BCUT2D eigenvalue weighted by molar-refractivity contribution is 0.201. The Balaban J connectivity index is 1.68. The van der Waals surface area contributed by atoms with Crippen LogP contribution in [0.5, 0.6) is 0 Å². The molecule has 1 unspecified atom stereocenters. The smallest absolute Gasteiger partial charge is 0.0402 e. The van der Waals surface area contributed by atoms with E-state index in [0.29, 0.717) is 6.04 Å². The molecule has 1 aromatic carbocycles. The minimum Gasteiger partial charge on any atom is -0.369 e. The van der Waals surface area contributed by atoms with Crippen LogP contribution >= 0.6 is 0 Å². The van der Waals surface area contributed by atoms with Crippen molar-refractivity contribution >= 4 is 5.69 Å². The quantitative estimate of drug-likeness (QED) is 0.898. The summed E-state index contributed by atoms with van der Waals surface area (Å²) in [7, 11) is 0. The van der Waals surface area contributed by atoms with E-state index in [9.17, 15) is 0 Å². The molecule has 0 bridgehead atoms. The first-order chi connectivity index (χ1) is 9.29. The van der Waals surface area contributed by atoms with Gasteiger partial charge in [0.1, 0.15) is 0 Å². The number of nitrogens with two attached hydrogens (primary N) is 1. The number of hydrogen-bond acceptors (Lipinski definition) is 3. The van der Waals surface area contributed by atoms with E-state index in [1.807, 2.05) is 0 Å². The summed E-state index contributed by atoms with van der Waals surface area (Å²) in [4.78, 5) is 5.07. The molecule has 0 amide bonds. The molecule has 0 radical (unpaired) electrons. The van der Waals surface area contributed by atoms with Gasteiger partial charge < -0.3 is 10.6 Å². The van der Waals surface area contributed by atoms with E-state index in [1.165, 1.54) is 18.5 Å². The molecule has 104 valence electrons. The molecule has 1 saturated carbocycles. The minimum absolute atomic E-state index is 0.515. The van der Waals surface area contributed by atoms with Gasteiger partial charge in [-0.15, -0.1) is 0 Å². The molecule has 1 aliphatic carbocycles. The maximum absolute atomic E-state index is 5.77. The zero-order valence-electron chi connectivity index (χ0n) is 11.9. The Morgan fingerprint density at radius 2 is 1.84 bits per heavy atom. The summed E-state index contributed by atoms with van der Waals surface area (Å²) >= 11 is 0. The van der Waals surface area contributed by atoms with Crippen molar-refractivity contribution in [2.45, 2.75) is 31.7 Å². The minimum atomic E-state index is 0.515. The first-order valence-corrected chi connectivity index (χ1v) is 7.57. The normalized spacial score (nSPS) is 22.5. The van der Waals surface area contributed by atoms with E-state index in [4.69, 9.17) is 5.73 Å². The van der Waals surface area contributed by atoms with Gasteiger partial charge in [0, 0.05) is 44.5 Å². The Labute approximate surface area is 116 Å². The predicted molar refractivity (Wildman–Crippen MR) is 80.7 cm³/mol. The van der Waals surface area contributed by atoms with Crippen LogP contribution in [0.1, 0.15) is 31.2 Å². The van der Waals surface area contributed by atoms with Crippen LogP contribution in [0.4, 0.5) is 5.69 Å². The highest BCUT2D eigenvalue weighted by molar-refractivity contribution is 5.56. The van der Waals surface area contributed by atoms with Gasteiger partial charge in [-0.1, -0.05) is 18.2 Å². The second kappa shape index (κ2) is 5.51. The predicted octanol–water partition coefficient (Wildman–Crippen LogP) is 2.03. The van der Waals surface area contributed by atoms with Crippen LogP contribution in [0, 0.1) is 0 Å². The molecule has 0 aromatic heterocycles. The first kappa shape index (κ1) is 12.9. The standard InChI is InChI=1S/C16H25N3/c1-13(12-17)18-8-10-19(11-9-18)16-5-3-2-4-15(16)14-6-7-14/h2-5,13-14H,6-12,17H2,1H3. The van der Waals surface area contributed by atoms with E-state index in [2.05, 4.69) is 41.0 Å². The highest BCUT2D eigenvalue weighted by Gasteiger charge is 2.28. The molecule has 1 aliphatic heterocycles. The summed E-state index contributed by atoms with van der Waals surface area (Å²) in [6.45, 7) is 7.53. The molecule has 1 aromatic rings. The van der Waals surface area contributed by atoms with Crippen LogP contribution in [0.25, 0.3) is 0 Å². The third-order valence-corrected chi connectivity index (χ3v) is 4.57. The lowest BCUT2D eigenvalue weighted by Crippen LogP contribution is -2.51. The summed E-state index contributed by atoms with van der Waals surface area (Å²) in [5.41, 5.74) is 8.81. The van der Waals surface area contributed by atoms with Crippen molar-refractivity contribution in [1.82, 2.24) is 4.90 Å². The molecular weight excluding hydrogens is 234 g/mol. The van der Waals surface area contributed by atoms with Gasteiger partial charge >= 0.3 is 0 Å². The van der Waals surface area contributed by atoms with E-state index >= 15 is 0 Å². The zero-order valence-corrected chi connectivity index (χ0v) is 11.9. The van der Waals surface area contributed by atoms with Crippen molar-refractivity contribution in [1.29, 1.82) is 0 Å². The summed E-state index contributed by atoms with van der Waals surface area (Å²) < 4.78 is 0. The van der Waals surface area contributed by atoms with E-state index < -0.39 is 0 Å². The molecule has 3 rings (SSSR count). The molecule has 1 saturated heterocycles. The van der Waals surface area contributed by atoms with Crippen molar-refractivity contribution < 1.29 is 0 Å². The van der Waals surface area contributed by atoms with Crippen LogP contribution in [0.15, 0.2) is 24.3 Å². The Morgan fingerprint density at radius 3 is 2.47 bits per heavy atom.